The SMILES string of the molecule is CCc1cc(N)c(Sc2ccccc2Sc2ccccc2OC)cc1C. The molecule has 0 unspecified atom stereocenters. The van der Waals surface area contributed by atoms with Gasteiger partial charge in [-0.15, -0.1) is 0 Å². The molecule has 0 heterocycles. The molecule has 2 nitrogen and oxygen atoms in total. The number of nitrogen functional groups attached to an aromatic ring is 1. The van der Waals surface area contributed by atoms with Crippen LogP contribution in [0.5, 0.6) is 5.75 Å². The summed E-state index contributed by atoms with van der Waals surface area (Å²) in [7, 11) is 1.71. The lowest BCUT2D eigenvalue weighted by molar-refractivity contribution is 0.405. The van der Waals surface area contributed by atoms with Crippen LogP contribution in [-0.4, -0.2) is 7.11 Å². The molecule has 2 N–H and O–H groups in total. The molecule has 3 aromatic carbocycles. The lowest BCUT2D eigenvalue weighted by Crippen LogP contribution is -1.95. The van der Waals surface area contributed by atoms with Gasteiger partial charge in [-0.1, -0.05) is 54.7 Å². The van der Waals surface area contributed by atoms with Crippen LogP contribution in [0.4, 0.5) is 5.69 Å². The second kappa shape index (κ2) is 8.56. The number of ether oxygens (including phenoxy) is 1. The highest BCUT2D eigenvalue weighted by Crippen LogP contribution is 2.43. The zero-order chi connectivity index (χ0) is 18.5. The first-order valence-corrected chi connectivity index (χ1v) is 10.2. The third kappa shape index (κ3) is 4.19. The summed E-state index contributed by atoms with van der Waals surface area (Å²) in [6, 6.07) is 20.8. The second-order valence-corrected chi connectivity index (χ2v) is 8.14. The van der Waals surface area contributed by atoms with Crippen molar-refractivity contribution >= 4 is 29.2 Å². The van der Waals surface area contributed by atoms with Crippen LogP contribution in [0.3, 0.4) is 0 Å². The predicted octanol–water partition coefficient (Wildman–Crippen LogP) is 6.45. The number of hydrogen-bond donors (Lipinski definition) is 1. The summed E-state index contributed by atoms with van der Waals surface area (Å²) in [5, 5.41) is 0. The standard InChI is InChI=1S/C22H23NOS2/c1-4-16-14-17(23)22(13-15(16)2)26-21-12-8-7-11-20(21)25-19-10-6-5-9-18(19)24-3/h5-14H,4,23H2,1-3H3. The smallest absolute Gasteiger partial charge is 0.132 e. The summed E-state index contributed by atoms with van der Waals surface area (Å²) in [4.78, 5) is 4.60. The molecule has 4 heteroatoms. The number of hydrogen-bond acceptors (Lipinski definition) is 4. The number of anilines is 1. The average molecular weight is 382 g/mol. The Bertz CT molecular complexity index is 908. The zero-order valence-corrected chi connectivity index (χ0v) is 16.9. The van der Waals surface area contributed by atoms with E-state index in [4.69, 9.17) is 10.5 Å². The van der Waals surface area contributed by atoms with E-state index in [2.05, 4.69) is 56.3 Å². The molecule has 0 radical (unpaired) electrons. The lowest BCUT2D eigenvalue weighted by atomic mass is 10.1. The fraction of sp³-hybridized carbons (Fsp3) is 0.182. The Morgan fingerprint density at radius 3 is 2.04 bits per heavy atom. The van der Waals surface area contributed by atoms with Crippen LogP contribution >= 0.6 is 23.5 Å². The maximum atomic E-state index is 6.31. The molecule has 0 fully saturated rings. The van der Waals surface area contributed by atoms with Gasteiger partial charge in [0.2, 0.25) is 0 Å². The highest BCUT2D eigenvalue weighted by molar-refractivity contribution is 8.02. The molecule has 0 aliphatic heterocycles. The molecule has 0 amide bonds. The average Bonchev–Trinajstić information content (AvgIpc) is 2.66. The van der Waals surface area contributed by atoms with Crippen LogP contribution < -0.4 is 10.5 Å². The van der Waals surface area contributed by atoms with Gasteiger partial charge >= 0.3 is 0 Å². The van der Waals surface area contributed by atoms with Crippen molar-refractivity contribution in [3.05, 3.63) is 71.8 Å². The number of rotatable bonds is 6. The summed E-state index contributed by atoms with van der Waals surface area (Å²) in [6.07, 6.45) is 1.00. The van der Waals surface area contributed by atoms with Crippen LogP contribution in [-0.2, 0) is 6.42 Å². The third-order valence-corrected chi connectivity index (χ3v) is 6.62. The quantitative estimate of drug-likeness (QED) is 0.498. The van der Waals surface area contributed by atoms with Gasteiger partial charge in [0.25, 0.3) is 0 Å². The van der Waals surface area contributed by atoms with Crippen LogP contribution in [0, 0.1) is 6.92 Å². The molecular formula is C22H23NOS2. The molecule has 3 rings (SSSR count). The minimum absolute atomic E-state index is 0.842. The fourth-order valence-corrected chi connectivity index (χ4v) is 4.94. The predicted molar refractivity (Wildman–Crippen MR) is 113 cm³/mol. The summed E-state index contributed by atoms with van der Waals surface area (Å²) < 4.78 is 5.49. The van der Waals surface area contributed by atoms with E-state index in [1.54, 1.807) is 30.6 Å². The maximum Gasteiger partial charge on any atom is 0.132 e. The fourth-order valence-electron chi connectivity index (χ4n) is 2.77. The Hall–Kier alpha value is -2.04. The van der Waals surface area contributed by atoms with Crippen molar-refractivity contribution < 1.29 is 4.74 Å². The topological polar surface area (TPSA) is 35.2 Å². The maximum absolute atomic E-state index is 6.31. The summed E-state index contributed by atoms with van der Waals surface area (Å²) in [6.45, 7) is 4.31. The Balaban J connectivity index is 1.92. The van der Waals surface area contributed by atoms with Crippen molar-refractivity contribution in [3.8, 4) is 5.75 Å². The van der Waals surface area contributed by atoms with E-state index in [9.17, 15) is 0 Å². The Morgan fingerprint density at radius 1 is 0.846 bits per heavy atom. The van der Waals surface area contributed by atoms with E-state index in [-0.39, 0.29) is 0 Å². The molecule has 0 aliphatic carbocycles. The van der Waals surface area contributed by atoms with Crippen molar-refractivity contribution in [3.63, 3.8) is 0 Å². The van der Waals surface area contributed by atoms with E-state index in [0.29, 0.717) is 0 Å². The molecule has 0 saturated carbocycles. The minimum Gasteiger partial charge on any atom is -0.496 e. The monoisotopic (exact) mass is 381 g/mol. The molecule has 26 heavy (non-hydrogen) atoms. The van der Waals surface area contributed by atoms with Gasteiger partial charge in [0.1, 0.15) is 5.75 Å². The van der Waals surface area contributed by atoms with Gasteiger partial charge in [0, 0.05) is 20.4 Å². The summed E-state index contributed by atoms with van der Waals surface area (Å²) >= 11 is 3.44. The van der Waals surface area contributed by atoms with Gasteiger partial charge < -0.3 is 10.5 Å². The van der Waals surface area contributed by atoms with Gasteiger partial charge in [0.15, 0.2) is 0 Å². The van der Waals surface area contributed by atoms with Crippen LogP contribution in [0.1, 0.15) is 18.1 Å². The number of benzene rings is 3. The van der Waals surface area contributed by atoms with Crippen molar-refractivity contribution in [2.75, 3.05) is 12.8 Å². The normalized spacial score (nSPS) is 10.7. The molecule has 134 valence electrons. The number of methoxy groups -OCH3 is 1. The Kier molecular flexibility index (Phi) is 6.17. The molecule has 0 aromatic heterocycles. The third-order valence-electron chi connectivity index (χ3n) is 4.21. The minimum atomic E-state index is 0.842. The van der Waals surface area contributed by atoms with Crippen molar-refractivity contribution in [2.45, 2.75) is 39.9 Å². The van der Waals surface area contributed by atoms with Gasteiger partial charge in [0.05, 0.1) is 12.0 Å². The molecule has 0 atom stereocenters. The number of aryl methyl sites for hydroxylation is 2. The van der Waals surface area contributed by atoms with Crippen LogP contribution in [0.25, 0.3) is 0 Å². The van der Waals surface area contributed by atoms with Gasteiger partial charge in [-0.2, -0.15) is 0 Å². The Morgan fingerprint density at radius 2 is 1.42 bits per heavy atom. The van der Waals surface area contributed by atoms with Crippen molar-refractivity contribution in [1.29, 1.82) is 0 Å². The second-order valence-electron chi connectivity index (χ2n) is 5.97. The van der Waals surface area contributed by atoms with Gasteiger partial charge in [-0.25, -0.2) is 0 Å². The van der Waals surface area contributed by atoms with Gasteiger partial charge in [-0.3, -0.25) is 0 Å². The van der Waals surface area contributed by atoms with Crippen LogP contribution in [0.2, 0.25) is 0 Å². The first-order chi connectivity index (χ1) is 12.6. The highest BCUT2D eigenvalue weighted by Gasteiger charge is 2.11. The van der Waals surface area contributed by atoms with E-state index in [1.165, 1.54) is 20.9 Å². The lowest BCUT2D eigenvalue weighted by Gasteiger charge is -2.14. The first-order valence-electron chi connectivity index (χ1n) is 8.59. The molecule has 3 aromatic rings. The molecule has 0 aliphatic rings. The van der Waals surface area contributed by atoms with Crippen molar-refractivity contribution in [1.82, 2.24) is 0 Å². The van der Waals surface area contributed by atoms with E-state index in [0.717, 1.165) is 27.6 Å². The van der Waals surface area contributed by atoms with E-state index >= 15 is 0 Å². The first kappa shape index (κ1) is 18.7. The van der Waals surface area contributed by atoms with Crippen LogP contribution in [0.15, 0.2) is 80.2 Å². The Labute approximate surface area is 164 Å². The molecule has 0 spiro atoms. The molecule has 0 bridgehead atoms. The molecular weight excluding hydrogens is 358 g/mol. The summed E-state index contributed by atoms with van der Waals surface area (Å²) in [5.74, 6) is 0.889. The largest absolute Gasteiger partial charge is 0.496 e. The summed E-state index contributed by atoms with van der Waals surface area (Å²) in [5.41, 5.74) is 9.76. The van der Waals surface area contributed by atoms with E-state index < -0.39 is 0 Å². The highest BCUT2D eigenvalue weighted by atomic mass is 32.2. The van der Waals surface area contributed by atoms with E-state index in [1.807, 2.05) is 18.2 Å². The zero-order valence-electron chi connectivity index (χ0n) is 15.3. The number of nitrogens with two attached hydrogens (primary N) is 1. The molecule has 0 saturated heterocycles. The number of para-hydroxylation sites is 1. The van der Waals surface area contributed by atoms with Gasteiger partial charge in [-0.05, 0) is 60.9 Å². The van der Waals surface area contributed by atoms with Crippen molar-refractivity contribution in [2.24, 2.45) is 0 Å².